The second kappa shape index (κ2) is 5.81. The number of imidazole rings is 1. The fourth-order valence-electron chi connectivity index (χ4n) is 3.01. The van der Waals surface area contributed by atoms with Crippen LogP contribution in [0.2, 0.25) is 0 Å². The van der Waals surface area contributed by atoms with Crippen molar-refractivity contribution in [1.82, 2.24) is 19.8 Å². The maximum Gasteiger partial charge on any atom is 0.326 e. The van der Waals surface area contributed by atoms with E-state index in [0.29, 0.717) is 6.04 Å². The maximum atomic E-state index is 12.0. The van der Waals surface area contributed by atoms with E-state index in [1.165, 1.54) is 6.42 Å². The van der Waals surface area contributed by atoms with E-state index in [1.54, 1.807) is 0 Å². The second-order valence-corrected chi connectivity index (χ2v) is 5.58. The lowest BCUT2D eigenvalue weighted by atomic mass is 10.2. The summed E-state index contributed by atoms with van der Waals surface area (Å²) < 4.78 is 1.84. The SMILES string of the molecule is CN(CCCn1c(=O)[nH]c2ccccc21)C1CCNC1. The van der Waals surface area contributed by atoms with Gasteiger partial charge in [0.25, 0.3) is 0 Å². The van der Waals surface area contributed by atoms with E-state index in [1.807, 2.05) is 28.8 Å². The van der Waals surface area contributed by atoms with Crippen LogP contribution in [0.3, 0.4) is 0 Å². The zero-order valence-electron chi connectivity index (χ0n) is 11.9. The fourth-order valence-corrected chi connectivity index (χ4v) is 3.01. The number of aromatic nitrogens is 2. The standard InChI is InChI=1S/C15H22N4O/c1-18(12-7-8-16-11-12)9-4-10-19-14-6-3-2-5-13(14)17-15(19)20/h2-3,5-6,12,16H,4,7-11H2,1H3,(H,17,20). The Labute approximate surface area is 118 Å². The largest absolute Gasteiger partial charge is 0.326 e. The number of aryl methyl sites for hydroxylation is 1. The average Bonchev–Trinajstić information content (AvgIpc) is 3.07. The number of H-pyrrole nitrogens is 1. The fraction of sp³-hybridized carbons (Fsp3) is 0.533. The van der Waals surface area contributed by atoms with Gasteiger partial charge in [0.15, 0.2) is 0 Å². The third-order valence-electron chi connectivity index (χ3n) is 4.23. The summed E-state index contributed by atoms with van der Waals surface area (Å²) in [4.78, 5) is 17.3. The molecule has 0 saturated carbocycles. The molecule has 1 atom stereocenters. The lowest BCUT2D eigenvalue weighted by molar-refractivity contribution is 0.249. The lowest BCUT2D eigenvalue weighted by Crippen LogP contribution is -2.34. The first-order valence-corrected chi connectivity index (χ1v) is 7.34. The summed E-state index contributed by atoms with van der Waals surface area (Å²) in [6, 6.07) is 8.52. The van der Waals surface area contributed by atoms with Crippen LogP contribution in [0.15, 0.2) is 29.1 Å². The van der Waals surface area contributed by atoms with Gasteiger partial charge < -0.3 is 15.2 Å². The van der Waals surface area contributed by atoms with Crippen molar-refractivity contribution in [2.24, 2.45) is 0 Å². The van der Waals surface area contributed by atoms with Gasteiger partial charge in [0.05, 0.1) is 11.0 Å². The van der Waals surface area contributed by atoms with Gasteiger partial charge in [-0.15, -0.1) is 0 Å². The Hall–Kier alpha value is -1.59. The molecule has 3 rings (SSSR count). The van der Waals surface area contributed by atoms with Crippen LogP contribution in [0.5, 0.6) is 0 Å². The van der Waals surface area contributed by atoms with E-state index in [2.05, 4.69) is 22.2 Å². The molecule has 2 heterocycles. The average molecular weight is 274 g/mol. The molecule has 0 bridgehead atoms. The number of para-hydroxylation sites is 2. The molecular weight excluding hydrogens is 252 g/mol. The quantitative estimate of drug-likeness (QED) is 0.856. The van der Waals surface area contributed by atoms with Gasteiger partial charge >= 0.3 is 5.69 Å². The number of benzene rings is 1. The molecule has 2 N–H and O–H groups in total. The minimum atomic E-state index is -0.00335. The summed E-state index contributed by atoms with van der Waals surface area (Å²) in [5.41, 5.74) is 1.92. The van der Waals surface area contributed by atoms with Crippen molar-refractivity contribution in [2.45, 2.75) is 25.4 Å². The van der Waals surface area contributed by atoms with Gasteiger partial charge in [0.2, 0.25) is 0 Å². The van der Waals surface area contributed by atoms with Crippen molar-refractivity contribution < 1.29 is 0 Å². The predicted molar refractivity (Wildman–Crippen MR) is 81.1 cm³/mol. The zero-order valence-corrected chi connectivity index (χ0v) is 11.9. The summed E-state index contributed by atoms with van der Waals surface area (Å²) >= 11 is 0. The molecule has 0 radical (unpaired) electrons. The highest BCUT2D eigenvalue weighted by molar-refractivity contribution is 5.74. The van der Waals surface area contributed by atoms with E-state index >= 15 is 0 Å². The summed E-state index contributed by atoms with van der Waals surface area (Å²) in [5, 5.41) is 3.39. The number of nitrogens with zero attached hydrogens (tertiary/aromatic N) is 2. The number of aromatic amines is 1. The Morgan fingerprint density at radius 2 is 2.25 bits per heavy atom. The number of hydrogen-bond acceptors (Lipinski definition) is 3. The van der Waals surface area contributed by atoms with Crippen molar-refractivity contribution >= 4 is 11.0 Å². The molecule has 0 spiro atoms. The molecule has 1 aromatic carbocycles. The molecule has 1 fully saturated rings. The molecule has 1 aromatic heterocycles. The Bertz CT molecular complexity index is 624. The van der Waals surface area contributed by atoms with Crippen LogP contribution in [0, 0.1) is 0 Å². The normalized spacial score (nSPS) is 19.2. The highest BCUT2D eigenvalue weighted by atomic mass is 16.1. The molecule has 2 aromatic rings. The number of nitrogens with one attached hydrogen (secondary N) is 2. The van der Waals surface area contributed by atoms with Gasteiger partial charge in [-0.2, -0.15) is 0 Å². The molecule has 1 unspecified atom stereocenters. The van der Waals surface area contributed by atoms with Gasteiger partial charge in [-0.05, 0) is 45.1 Å². The minimum Gasteiger partial charge on any atom is -0.315 e. The molecule has 108 valence electrons. The van der Waals surface area contributed by atoms with E-state index in [0.717, 1.165) is 43.6 Å². The summed E-state index contributed by atoms with van der Waals surface area (Å²) in [6.07, 6.45) is 2.22. The number of likely N-dealkylation sites (N-methyl/N-ethyl adjacent to an activating group) is 1. The van der Waals surface area contributed by atoms with E-state index in [-0.39, 0.29) is 5.69 Å². The van der Waals surface area contributed by atoms with Crippen molar-refractivity contribution in [1.29, 1.82) is 0 Å². The Morgan fingerprint density at radius 3 is 3.05 bits per heavy atom. The molecule has 0 amide bonds. The van der Waals surface area contributed by atoms with Crippen LogP contribution in [-0.4, -0.2) is 47.2 Å². The van der Waals surface area contributed by atoms with Crippen LogP contribution in [0.4, 0.5) is 0 Å². The smallest absolute Gasteiger partial charge is 0.315 e. The number of hydrogen-bond donors (Lipinski definition) is 2. The van der Waals surface area contributed by atoms with E-state index in [9.17, 15) is 4.79 Å². The van der Waals surface area contributed by atoms with Crippen molar-refractivity contribution in [3.63, 3.8) is 0 Å². The highest BCUT2D eigenvalue weighted by Gasteiger charge is 2.18. The third-order valence-corrected chi connectivity index (χ3v) is 4.23. The molecular formula is C15H22N4O. The number of fused-ring (bicyclic) bond motifs is 1. The molecule has 1 saturated heterocycles. The Morgan fingerprint density at radius 1 is 1.40 bits per heavy atom. The van der Waals surface area contributed by atoms with Crippen LogP contribution in [-0.2, 0) is 6.54 Å². The van der Waals surface area contributed by atoms with E-state index in [4.69, 9.17) is 0 Å². The zero-order chi connectivity index (χ0) is 13.9. The Balaban J connectivity index is 1.62. The third kappa shape index (κ3) is 2.64. The van der Waals surface area contributed by atoms with Gasteiger partial charge in [0.1, 0.15) is 0 Å². The first-order valence-electron chi connectivity index (χ1n) is 7.34. The molecule has 1 aliphatic rings. The van der Waals surface area contributed by atoms with Gasteiger partial charge in [-0.1, -0.05) is 12.1 Å². The van der Waals surface area contributed by atoms with E-state index < -0.39 is 0 Å². The molecule has 20 heavy (non-hydrogen) atoms. The maximum absolute atomic E-state index is 12.0. The lowest BCUT2D eigenvalue weighted by Gasteiger charge is -2.23. The topological polar surface area (TPSA) is 53.1 Å². The first kappa shape index (κ1) is 13.4. The molecule has 0 aliphatic carbocycles. The van der Waals surface area contributed by atoms with Crippen LogP contribution in [0.1, 0.15) is 12.8 Å². The number of rotatable bonds is 5. The van der Waals surface area contributed by atoms with Gasteiger partial charge in [-0.3, -0.25) is 4.57 Å². The summed E-state index contributed by atoms with van der Waals surface area (Å²) in [5.74, 6) is 0. The van der Waals surface area contributed by atoms with Gasteiger partial charge in [0, 0.05) is 19.1 Å². The predicted octanol–water partition coefficient (Wildman–Crippen LogP) is 1.01. The molecule has 1 aliphatic heterocycles. The minimum absolute atomic E-state index is 0.00335. The van der Waals surface area contributed by atoms with Crippen LogP contribution in [0.25, 0.3) is 11.0 Å². The summed E-state index contributed by atoms with van der Waals surface area (Å²) in [7, 11) is 2.18. The molecule has 5 heteroatoms. The van der Waals surface area contributed by atoms with Crippen molar-refractivity contribution in [3.8, 4) is 0 Å². The van der Waals surface area contributed by atoms with Crippen molar-refractivity contribution in [2.75, 3.05) is 26.7 Å². The summed E-state index contributed by atoms with van der Waals surface area (Å²) in [6.45, 7) is 4.01. The van der Waals surface area contributed by atoms with Crippen LogP contribution < -0.4 is 11.0 Å². The van der Waals surface area contributed by atoms with Gasteiger partial charge in [-0.25, -0.2) is 4.79 Å². The van der Waals surface area contributed by atoms with Crippen LogP contribution >= 0.6 is 0 Å². The Kier molecular flexibility index (Phi) is 3.89. The van der Waals surface area contributed by atoms with Crippen molar-refractivity contribution in [3.05, 3.63) is 34.7 Å². The first-order chi connectivity index (χ1) is 9.75. The monoisotopic (exact) mass is 274 g/mol. The second-order valence-electron chi connectivity index (χ2n) is 5.58. The highest BCUT2D eigenvalue weighted by Crippen LogP contribution is 2.10. The molecule has 5 nitrogen and oxygen atoms in total.